The Morgan fingerprint density at radius 2 is 1.87 bits per heavy atom. The summed E-state index contributed by atoms with van der Waals surface area (Å²) >= 11 is 0. The van der Waals surface area contributed by atoms with Gasteiger partial charge in [-0.05, 0) is 31.2 Å². The van der Waals surface area contributed by atoms with Crippen LogP contribution in [0.5, 0.6) is 5.75 Å². The standard InChI is InChI=1S/C11H10O4/c1-8(13)9-2-4-10(5-3-9)15-11(14)6-7-12/h2-5,7H,6H2,1H3. The molecule has 78 valence electrons. The third-order valence-corrected chi connectivity index (χ3v) is 1.74. The highest BCUT2D eigenvalue weighted by molar-refractivity contribution is 5.94. The Bertz CT molecular complexity index is 378. The van der Waals surface area contributed by atoms with Crippen LogP contribution in [-0.2, 0) is 9.59 Å². The highest BCUT2D eigenvalue weighted by atomic mass is 16.5. The largest absolute Gasteiger partial charge is 0.426 e. The normalized spacial score (nSPS) is 9.40. The van der Waals surface area contributed by atoms with E-state index in [0.29, 0.717) is 17.6 Å². The predicted molar refractivity (Wildman–Crippen MR) is 52.8 cm³/mol. The first kappa shape index (κ1) is 11.1. The number of carbonyl (C=O) groups excluding carboxylic acids is 3. The summed E-state index contributed by atoms with van der Waals surface area (Å²) in [4.78, 5) is 31.8. The third-order valence-electron chi connectivity index (χ3n) is 1.74. The van der Waals surface area contributed by atoms with E-state index < -0.39 is 5.97 Å². The zero-order valence-corrected chi connectivity index (χ0v) is 8.23. The average Bonchev–Trinajstić information content (AvgIpc) is 2.18. The van der Waals surface area contributed by atoms with Gasteiger partial charge in [-0.1, -0.05) is 0 Å². The van der Waals surface area contributed by atoms with Crippen molar-refractivity contribution in [2.24, 2.45) is 0 Å². The number of ketones is 1. The molecule has 0 N–H and O–H groups in total. The first-order chi connectivity index (χ1) is 7.13. The van der Waals surface area contributed by atoms with Crippen molar-refractivity contribution in [3.63, 3.8) is 0 Å². The molecule has 0 saturated carbocycles. The minimum Gasteiger partial charge on any atom is -0.426 e. The zero-order valence-electron chi connectivity index (χ0n) is 8.23. The van der Waals surface area contributed by atoms with Crippen LogP contribution in [0.2, 0.25) is 0 Å². The van der Waals surface area contributed by atoms with Crippen LogP contribution in [0.4, 0.5) is 0 Å². The van der Waals surface area contributed by atoms with Gasteiger partial charge in [-0.2, -0.15) is 0 Å². The number of carbonyl (C=O) groups is 3. The van der Waals surface area contributed by atoms with Crippen LogP contribution in [0.15, 0.2) is 24.3 Å². The maximum atomic E-state index is 10.9. The summed E-state index contributed by atoms with van der Waals surface area (Å²) < 4.78 is 4.81. The second-order valence-corrected chi connectivity index (χ2v) is 2.93. The number of esters is 1. The van der Waals surface area contributed by atoms with Crippen molar-refractivity contribution in [2.45, 2.75) is 13.3 Å². The maximum Gasteiger partial charge on any atom is 0.318 e. The number of aldehydes is 1. The van der Waals surface area contributed by atoms with Gasteiger partial charge >= 0.3 is 5.97 Å². The SMILES string of the molecule is CC(=O)c1ccc(OC(=O)CC=O)cc1. The van der Waals surface area contributed by atoms with Crippen molar-refractivity contribution in [1.29, 1.82) is 0 Å². The highest BCUT2D eigenvalue weighted by Gasteiger charge is 2.04. The van der Waals surface area contributed by atoms with Crippen LogP contribution >= 0.6 is 0 Å². The second-order valence-electron chi connectivity index (χ2n) is 2.93. The van der Waals surface area contributed by atoms with Crippen molar-refractivity contribution in [3.05, 3.63) is 29.8 Å². The van der Waals surface area contributed by atoms with E-state index in [1.54, 1.807) is 12.1 Å². The lowest BCUT2D eigenvalue weighted by atomic mass is 10.1. The first-order valence-electron chi connectivity index (χ1n) is 4.39. The fraction of sp³-hybridized carbons (Fsp3) is 0.182. The molecule has 1 rings (SSSR count). The van der Waals surface area contributed by atoms with Crippen LogP contribution < -0.4 is 4.74 Å². The van der Waals surface area contributed by atoms with Gasteiger partial charge in [0.1, 0.15) is 18.5 Å². The van der Waals surface area contributed by atoms with Crippen molar-refractivity contribution in [1.82, 2.24) is 0 Å². The average molecular weight is 206 g/mol. The number of Topliss-reactive ketones (excluding diaryl/α,β-unsaturated/α-hetero) is 1. The molecule has 0 amide bonds. The monoisotopic (exact) mass is 206 g/mol. The molecular formula is C11H10O4. The van der Waals surface area contributed by atoms with Gasteiger partial charge in [-0.15, -0.1) is 0 Å². The summed E-state index contributed by atoms with van der Waals surface area (Å²) in [7, 11) is 0. The predicted octanol–water partition coefficient (Wildman–Crippen LogP) is 1.38. The number of hydrogen-bond donors (Lipinski definition) is 0. The van der Waals surface area contributed by atoms with E-state index in [-0.39, 0.29) is 12.2 Å². The number of rotatable bonds is 4. The number of hydrogen-bond acceptors (Lipinski definition) is 4. The molecule has 4 heteroatoms. The molecule has 0 spiro atoms. The Morgan fingerprint density at radius 3 is 2.33 bits per heavy atom. The van der Waals surface area contributed by atoms with Crippen LogP contribution in [0, 0.1) is 0 Å². The van der Waals surface area contributed by atoms with Gasteiger partial charge in [0.25, 0.3) is 0 Å². The van der Waals surface area contributed by atoms with E-state index in [9.17, 15) is 14.4 Å². The van der Waals surface area contributed by atoms with Gasteiger partial charge in [0.05, 0.1) is 0 Å². The molecule has 0 aromatic heterocycles. The van der Waals surface area contributed by atoms with Crippen LogP contribution in [0.25, 0.3) is 0 Å². The number of ether oxygens (including phenoxy) is 1. The van der Waals surface area contributed by atoms with Gasteiger partial charge in [-0.3, -0.25) is 9.59 Å². The van der Waals surface area contributed by atoms with Crippen LogP contribution in [0.3, 0.4) is 0 Å². The molecule has 0 heterocycles. The maximum absolute atomic E-state index is 10.9. The van der Waals surface area contributed by atoms with Gasteiger partial charge in [0, 0.05) is 5.56 Å². The Balaban J connectivity index is 2.68. The molecule has 0 aliphatic heterocycles. The third kappa shape index (κ3) is 3.34. The van der Waals surface area contributed by atoms with E-state index in [2.05, 4.69) is 0 Å². The molecule has 0 atom stereocenters. The summed E-state index contributed by atoms with van der Waals surface area (Å²) in [6.45, 7) is 1.45. The molecule has 1 aromatic carbocycles. The minimum absolute atomic E-state index is 0.0548. The molecule has 0 saturated heterocycles. The zero-order chi connectivity index (χ0) is 11.3. The Kier molecular flexibility index (Phi) is 3.74. The van der Waals surface area contributed by atoms with Gasteiger partial charge < -0.3 is 9.53 Å². The lowest BCUT2D eigenvalue weighted by Crippen LogP contribution is -2.07. The fourth-order valence-electron chi connectivity index (χ4n) is 0.999. The first-order valence-corrected chi connectivity index (χ1v) is 4.39. The Morgan fingerprint density at radius 1 is 1.27 bits per heavy atom. The molecular weight excluding hydrogens is 196 g/mol. The summed E-state index contributed by atoms with van der Waals surface area (Å²) in [5, 5.41) is 0. The Hall–Kier alpha value is -1.97. The molecule has 0 bridgehead atoms. The van der Waals surface area contributed by atoms with Crippen molar-refractivity contribution in [2.75, 3.05) is 0 Å². The quantitative estimate of drug-likeness (QED) is 0.245. The lowest BCUT2D eigenvalue weighted by Gasteiger charge is -2.02. The molecule has 0 aliphatic carbocycles. The van der Waals surface area contributed by atoms with Crippen LogP contribution in [-0.4, -0.2) is 18.0 Å². The van der Waals surface area contributed by atoms with Gasteiger partial charge in [0.2, 0.25) is 0 Å². The summed E-state index contributed by atoms with van der Waals surface area (Å²) in [6.07, 6.45) is 0.209. The van der Waals surface area contributed by atoms with Crippen molar-refractivity contribution >= 4 is 18.0 Å². The fourth-order valence-corrected chi connectivity index (χ4v) is 0.999. The summed E-state index contributed by atoms with van der Waals surface area (Å²) in [5.41, 5.74) is 0.546. The molecule has 0 unspecified atom stereocenters. The topological polar surface area (TPSA) is 60.4 Å². The van der Waals surface area contributed by atoms with Crippen LogP contribution in [0.1, 0.15) is 23.7 Å². The minimum atomic E-state index is -0.611. The van der Waals surface area contributed by atoms with Gasteiger partial charge in [0.15, 0.2) is 5.78 Å². The second kappa shape index (κ2) is 5.05. The summed E-state index contributed by atoms with van der Waals surface area (Å²) in [6, 6.07) is 6.15. The van der Waals surface area contributed by atoms with Gasteiger partial charge in [-0.25, -0.2) is 0 Å². The molecule has 0 radical (unpaired) electrons. The molecule has 4 nitrogen and oxygen atoms in total. The van der Waals surface area contributed by atoms with Crippen molar-refractivity contribution in [3.8, 4) is 5.75 Å². The summed E-state index contributed by atoms with van der Waals surface area (Å²) in [5.74, 6) is -0.340. The molecule has 15 heavy (non-hydrogen) atoms. The lowest BCUT2D eigenvalue weighted by molar-refractivity contribution is -0.135. The Labute approximate surface area is 86.9 Å². The molecule has 0 fully saturated rings. The van der Waals surface area contributed by atoms with E-state index >= 15 is 0 Å². The molecule has 0 aliphatic rings. The molecule has 1 aromatic rings. The van der Waals surface area contributed by atoms with Crippen molar-refractivity contribution < 1.29 is 19.1 Å². The smallest absolute Gasteiger partial charge is 0.318 e. The van der Waals surface area contributed by atoms with E-state index in [0.717, 1.165) is 0 Å². The van der Waals surface area contributed by atoms with E-state index in [4.69, 9.17) is 4.74 Å². The number of benzene rings is 1. The van der Waals surface area contributed by atoms with E-state index in [1.807, 2.05) is 0 Å². The van der Waals surface area contributed by atoms with E-state index in [1.165, 1.54) is 19.1 Å². The highest BCUT2D eigenvalue weighted by Crippen LogP contribution is 2.12.